The van der Waals surface area contributed by atoms with Crippen LogP contribution in [0.5, 0.6) is 0 Å². The Kier molecular flexibility index (Phi) is 5.25. The molecule has 0 spiro atoms. The standard InChI is InChI=1S/C17H28N4/c1-19-10-12-21(13-11-19)15-17-4-2-16(3-5-17)14-20-8-6-18-7-9-20/h2-5,18H,6-15H2,1H3. The van der Waals surface area contributed by atoms with Gasteiger partial charge in [-0.2, -0.15) is 0 Å². The first-order valence-corrected chi connectivity index (χ1v) is 8.21. The fourth-order valence-electron chi connectivity index (χ4n) is 3.14. The molecule has 3 rings (SSSR count). The quantitative estimate of drug-likeness (QED) is 0.886. The van der Waals surface area contributed by atoms with Crippen LogP contribution in [0.15, 0.2) is 24.3 Å². The Hall–Kier alpha value is -0.940. The smallest absolute Gasteiger partial charge is 0.0234 e. The van der Waals surface area contributed by atoms with Gasteiger partial charge in [0.1, 0.15) is 0 Å². The number of hydrogen-bond acceptors (Lipinski definition) is 4. The van der Waals surface area contributed by atoms with E-state index in [0.29, 0.717) is 0 Å². The van der Waals surface area contributed by atoms with E-state index in [4.69, 9.17) is 0 Å². The van der Waals surface area contributed by atoms with Gasteiger partial charge in [0, 0.05) is 65.4 Å². The molecule has 1 aromatic rings. The van der Waals surface area contributed by atoms with Crippen molar-refractivity contribution in [2.75, 3.05) is 59.4 Å². The molecule has 0 atom stereocenters. The van der Waals surface area contributed by atoms with Crippen molar-refractivity contribution in [1.82, 2.24) is 20.0 Å². The second-order valence-corrected chi connectivity index (χ2v) is 6.42. The number of rotatable bonds is 4. The summed E-state index contributed by atoms with van der Waals surface area (Å²) in [5.74, 6) is 0. The van der Waals surface area contributed by atoms with E-state index >= 15 is 0 Å². The van der Waals surface area contributed by atoms with Gasteiger partial charge < -0.3 is 10.2 Å². The van der Waals surface area contributed by atoms with E-state index in [0.717, 1.165) is 26.2 Å². The molecule has 0 radical (unpaired) electrons. The predicted octanol–water partition coefficient (Wildman–Crippen LogP) is 0.839. The summed E-state index contributed by atoms with van der Waals surface area (Å²) in [7, 11) is 2.21. The summed E-state index contributed by atoms with van der Waals surface area (Å²) in [6.07, 6.45) is 0. The van der Waals surface area contributed by atoms with Gasteiger partial charge in [-0.3, -0.25) is 9.80 Å². The Bertz CT molecular complexity index is 417. The molecular formula is C17H28N4. The van der Waals surface area contributed by atoms with E-state index in [1.54, 1.807) is 0 Å². The maximum atomic E-state index is 3.41. The van der Waals surface area contributed by atoms with Gasteiger partial charge in [0.25, 0.3) is 0 Å². The first kappa shape index (κ1) is 15.0. The van der Waals surface area contributed by atoms with E-state index in [1.165, 1.54) is 50.4 Å². The lowest BCUT2D eigenvalue weighted by Gasteiger charge is -2.32. The number of nitrogens with one attached hydrogen (secondary N) is 1. The van der Waals surface area contributed by atoms with Gasteiger partial charge >= 0.3 is 0 Å². The summed E-state index contributed by atoms with van der Waals surface area (Å²) in [6.45, 7) is 11.6. The highest BCUT2D eigenvalue weighted by molar-refractivity contribution is 5.22. The highest BCUT2D eigenvalue weighted by atomic mass is 15.2. The van der Waals surface area contributed by atoms with Crippen molar-refractivity contribution in [2.45, 2.75) is 13.1 Å². The summed E-state index contributed by atoms with van der Waals surface area (Å²) in [4.78, 5) is 7.50. The molecule has 0 amide bonds. The number of benzene rings is 1. The van der Waals surface area contributed by atoms with Crippen molar-refractivity contribution in [2.24, 2.45) is 0 Å². The molecule has 2 aliphatic heterocycles. The average molecular weight is 288 g/mol. The first-order valence-electron chi connectivity index (χ1n) is 8.21. The van der Waals surface area contributed by atoms with Crippen LogP contribution in [-0.4, -0.2) is 74.1 Å². The zero-order chi connectivity index (χ0) is 14.5. The van der Waals surface area contributed by atoms with Crippen LogP contribution >= 0.6 is 0 Å². The van der Waals surface area contributed by atoms with Gasteiger partial charge in [0.15, 0.2) is 0 Å². The molecule has 2 aliphatic rings. The molecule has 1 N–H and O–H groups in total. The zero-order valence-electron chi connectivity index (χ0n) is 13.2. The lowest BCUT2D eigenvalue weighted by atomic mass is 10.1. The topological polar surface area (TPSA) is 21.8 Å². The van der Waals surface area contributed by atoms with Crippen LogP contribution in [-0.2, 0) is 13.1 Å². The summed E-state index contributed by atoms with van der Waals surface area (Å²) < 4.78 is 0. The second kappa shape index (κ2) is 7.36. The van der Waals surface area contributed by atoms with Gasteiger partial charge in [0.05, 0.1) is 0 Å². The zero-order valence-corrected chi connectivity index (χ0v) is 13.2. The lowest BCUT2D eigenvalue weighted by molar-refractivity contribution is 0.148. The molecular weight excluding hydrogens is 260 g/mol. The van der Waals surface area contributed by atoms with Crippen LogP contribution in [0.1, 0.15) is 11.1 Å². The summed E-state index contributed by atoms with van der Waals surface area (Å²) >= 11 is 0. The number of likely N-dealkylation sites (N-methyl/N-ethyl adjacent to an activating group) is 1. The third-order valence-electron chi connectivity index (χ3n) is 4.64. The molecule has 0 saturated carbocycles. The Balaban J connectivity index is 1.49. The number of piperazine rings is 2. The van der Waals surface area contributed by atoms with Gasteiger partial charge in [0.2, 0.25) is 0 Å². The van der Waals surface area contributed by atoms with Crippen molar-refractivity contribution >= 4 is 0 Å². The molecule has 0 aliphatic carbocycles. The molecule has 4 heteroatoms. The molecule has 0 aromatic heterocycles. The minimum atomic E-state index is 1.09. The summed E-state index contributed by atoms with van der Waals surface area (Å²) in [6, 6.07) is 9.26. The normalized spacial score (nSPS) is 22.5. The van der Waals surface area contributed by atoms with E-state index in [2.05, 4.69) is 51.3 Å². The van der Waals surface area contributed by atoms with Crippen molar-refractivity contribution < 1.29 is 0 Å². The van der Waals surface area contributed by atoms with Crippen molar-refractivity contribution in [3.63, 3.8) is 0 Å². The van der Waals surface area contributed by atoms with Gasteiger partial charge in [-0.15, -0.1) is 0 Å². The fraction of sp³-hybridized carbons (Fsp3) is 0.647. The van der Waals surface area contributed by atoms with Gasteiger partial charge in [-0.1, -0.05) is 24.3 Å². The highest BCUT2D eigenvalue weighted by Crippen LogP contribution is 2.11. The average Bonchev–Trinajstić information content (AvgIpc) is 2.53. The largest absolute Gasteiger partial charge is 0.314 e. The van der Waals surface area contributed by atoms with Crippen LogP contribution in [0.3, 0.4) is 0 Å². The van der Waals surface area contributed by atoms with E-state index in [9.17, 15) is 0 Å². The first-order chi connectivity index (χ1) is 10.3. The molecule has 21 heavy (non-hydrogen) atoms. The third-order valence-corrected chi connectivity index (χ3v) is 4.64. The summed E-state index contributed by atoms with van der Waals surface area (Å²) in [5.41, 5.74) is 2.89. The van der Waals surface area contributed by atoms with Crippen LogP contribution in [0, 0.1) is 0 Å². The number of nitrogens with zero attached hydrogens (tertiary/aromatic N) is 3. The van der Waals surface area contributed by atoms with Gasteiger partial charge in [-0.05, 0) is 18.2 Å². The van der Waals surface area contributed by atoms with Crippen LogP contribution in [0.4, 0.5) is 0 Å². The van der Waals surface area contributed by atoms with Crippen molar-refractivity contribution in [3.8, 4) is 0 Å². The Morgan fingerprint density at radius 1 is 0.762 bits per heavy atom. The van der Waals surface area contributed by atoms with Gasteiger partial charge in [-0.25, -0.2) is 0 Å². The SMILES string of the molecule is CN1CCN(Cc2ccc(CN3CCNCC3)cc2)CC1. The number of hydrogen-bond donors (Lipinski definition) is 1. The lowest BCUT2D eigenvalue weighted by Crippen LogP contribution is -2.43. The van der Waals surface area contributed by atoms with E-state index < -0.39 is 0 Å². The molecule has 116 valence electrons. The molecule has 1 aromatic carbocycles. The third kappa shape index (κ3) is 4.51. The van der Waals surface area contributed by atoms with E-state index in [1.807, 2.05) is 0 Å². The minimum Gasteiger partial charge on any atom is -0.314 e. The van der Waals surface area contributed by atoms with Crippen LogP contribution in [0.25, 0.3) is 0 Å². The van der Waals surface area contributed by atoms with Crippen molar-refractivity contribution in [3.05, 3.63) is 35.4 Å². The molecule has 2 saturated heterocycles. The molecule has 4 nitrogen and oxygen atoms in total. The highest BCUT2D eigenvalue weighted by Gasteiger charge is 2.14. The molecule has 0 bridgehead atoms. The van der Waals surface area contributed by atoms with Crippen molar-refractivity contribution in [1.29, 1.82) is 0 Å². The Labute approximate surface area is 128 Å². The molecule has 2 fully saturated rings. The minimum absolute atomic E-state index is 1.09. The Morgan fingerprint density at radius 2 is 1.24 bits per heavy atom. The molecule has 2 heterocycles. The summed E-state index contributed by atoms with van der Waals surface area (Å²) in [5, 5.41) is 3.41. The Morgan fingerprint density at radius 3 is 1.76 bits per heavy atom. The van der Waals surface area contributed by atoms with Crippen LogP contribution < -0.4 is 5.32 Å². The predicted molar refractivity (Wildman–Crippen MR) is 87.4 cm³/mol. The van der Waals surface area contributed by atoms with Crippen LogP contribution in [0.2, 0.25) is 0 Å². The molecule has 0 unspecified atom stereocenters. The maximum Gasteiger partial charge on any atom is 0.0234 e. The maximum absolute atomic E-state index is 3.41. The fourth-order valence-corrected chi connectivity index (χ4v) is 3.14. The monoisotopic (exact) mass is 288 g/mol. The van der Waals surface area contributed by atoms with E-state index in [-0.39, 0.29) is 0 Å². The second-order valence-electron chi connectivity index (χ2n) is 6.42.